The van der Waals surface area contributed by atoms with Gasteiger partial charge in [0.1, 0.15) is 6.26 Å². The third-order valence-corrected chi connectivity index (χ3v) is 0.727. The Hall–Kier alpha value is -0.370. The summed E-state index contributed by atoms with van der Waals surface area (Å²) in [5, 5.41) is 0. The monoisotopic (exact) mass is 105 g/mol. The van der Waals surface area contributed by atoms with Crippen LogP contribution < -0.4 is 0 Å². The van der Waals surface area contributed by atoms with E-state index in [-0.39, 0.29) is 0 Å². The van der Waals surface area contributed by atoms with Crippen LogP contribution in [0.2, 0.25) is 0 Å². The van der Waals surface area contributed by atoms with Crippen LogP contribution in [0.15, 0.2) is 12.5 Å². The van der Waals surface area contributed by atoms with Crippen LogP contribution in [0, 0.1) is 0 Å². The second-order valence-corrected chi connectivity index (χ2v) is 1.41. The molecule has 1 aliphatic rings. The van der Waals surface area contributed by atoms with E-state index in [2.05, 4.69) is 4.74 Å². The predicted octanol–water partition coefficient (Wildman–Crippen LogP) is 0.901. The fraction of sp³-hybridized carbons (Fsp3) is 0.333. The highest BCUT2D eigenvalue weighted by Crippen LogP contribution is 2.01. The van der Waals surface area contributed by atoms with Gasteiger partial charge in [-0.15, -0.1) is 0 Å². The number of hydrogen-bond acceptors (Lipinski definition) is 2. The van der Waals surface area contributed by atoms with Gasteiger partial charge >= 0.3 is 0 Å². The molecule has 0 fully saturated rings. The minimum Gasteiger partial charge on any atom is -0.478 e. The van der Waals surface area contributed by atoms with E-state index in [1.165, 1.54) is 4.42 Å². The first kappa shape index (κ1) is 3.81. The Balaban J connectivity index is 2.38. The van der Waals surface area contributed by atoms with Gasteiger partial charge in [0.2, 0.25) is 0 Å². The van der Waals surface area contributed by atoms with Crippen molar-refractivity contribution in [2.24, 2.45) is 0 Å². The van der Waals surface area contributed by atoms with Crippen molar-refractivity contribution < 1.29 is 4.74 Å². The van der Waals surface area contributed by atoms with E-state index in [1.54, 1.807) is 12.5 Å². The molecular formula is C3H4ClNO. The van der Waals surface area contributed by atoms with Crippen molar-refractivity contribution in [3.05, 3.63) is 12.5 Å². The first-order chi connectivity index (χ1) is 2.89. The van der Waals surface area contributed by atoms with Crippen LogP contribution in [-0.2, 0) is 4.74 Å². The number of rotatable bonds is 0. The zero-order valence-electron chi connectivity index (χ0n) is 3.10. The molecule has 0 radical (unpaired) electrons. The maximum Gasteiger partial charge on any atom is 0.174 e. The quantitative estimate of drug-likeness (QED) is 0.425. The lowest BCUT2D eigenvalue weighted by Gasteiger charge is -1.96. The van der Waals surface area contributed by atoms with Gasteiger partial charge in [-0.1, -0.05) is 0 Å². The molecule has 0 aromatic carbocycles. The molecule has 0 saturated heterocycles. The molecule has 0 bridgehead atoms. The second kappa shape index (κ2) is 1.39. The molecule has 34 valence electrons. The third kappa shape index (κ3) is 0.571. The summed E-state index contributed by atoms with van der Waals surface area (Å²) < 4.78 is 6.10. The zero-order chi connectivity index (χ0) is 4.41. The molecule has 0 saturated carbocycles. The Bertz CT molecular complexity index is 73.2. The van der Waals surface area contributed by atoms with Crippen LogP contribution in [0.5, 0.6) is 0 Å². The fourth-order valence-corrected chi connectivity index (χ4v) is 0.369. The third-order valence-electron chi connectivity index (χ3n) is 0.517. The summed E-state index contributed by atoms with van der Waals surface area (Å²) in [5.74, 6) is 0. The summed E-state index contributed by atoms with van der Waals surface area (Å²) in [6.45, 7) is 0.474. The Morgan fingerprint density at radius 3 is 2.83 bits per heavy atom. The molecule has 0 atom stereocenters. The molecule has 0 aromatic rings. The Morgan fingerprint density at radius 2 is 2.67 bits per heavy atom. The van der Waals surface area contributed by atoms with Crippen molar-refractivity contribution >= 4 is 11.8 Å². The van der Waals surface area contributed by atoms with E-state index in [0.29, 0.717) is 6.73 Å². The van der Waals surface area contributed by atoms with Gasteiger partial charge in [0.05, 0.1) is 6.20 Å². The van der Waals surface area contributed by atoms with Crippen molar-refractivity contribution in [2.75, 3.05) is 6.73 Å². The molecule has 2 nitrogen and oxygen atoms in total. The van der Waals surface area contributed by atoms with Crippen LogP contribution >= 0.6 is 11.8 Å². The molecule has 0 spiro atoms. The van der Waals surface area contributed by atoms with Crippen LogP contribution in [0.25, 0.3) is 0 Å². The van der Waals surface area contributed by atoms with E-state index < -0.39 is 0 Å². The van der Waals surface area contributed by atoms with Crippen molar-refractivity contribution in [1.29, 1.82) is 0 Å². The van der Waals surface area contributed by atoms with E-state index >= 15 is 0 Å². The summed E-state index contributed by atoms with van der Waals surface area (Å²) in [7, 11) is 0. The second-order valence-electron chi connectivity index (χ2n) is 0.981. The first-order valence-corrected chi connectivity index (χ1v) is 1.94. The molecular weight excluding hydrogens is 101 g/mol. The van der Waals surface area contributed by atoms with Gasteiger partial charge in [-0.25, -0.2) is 0 Å². The molecule has 0 N–H and O–H groups in total. The zero-order valence-corrected chi connectivity index (χ0v) is 3.85. The van der Waals surface area contributed by atoms with Crippen LogP contribution in [0.1, 0.15) is 0 Å². The van der Waals surface area contributed by atoms with Gasteiger partial charge in [-0.05, 0) is 0 Å². The normalized spacial score (nSPS) is 18.5. The number of halogens is 1. The van der Waals surface area contributed by atoms with Gasteiger partial charge in [0.15, 0.2) is 6.73 Å². The summed E-state index contributed by atoms with van der Waals surface area (Å²) in [6.07, 6.45) is 3.20. The van der Waals surface area contributed by atoms with E-state index in [1.807, 2.05) is 0 Å². The lowest BCUT2D eigenvalue weighted by Crippen LogP contribution is -1.97. The summed E-state index contributed by atoms with van der Waals surface area (Å²) in [5.41, 5.74) is 0. The number of hydrogen-bond donors (Lipinski definition) is 0. The predicted molar refractivity (Wildman–Crippen MR) is 22.8 cm³/mol. The lowest BCUT2D eigenvalue weighted by atomic mass is 11.0. The van der Waals surface area contributed by atoms with Crippen LogP contribution in [0.3, 0.4) is 0 Å². The maximum atomic E-state index is 5.33. The molecule has 1 aliphatic heterocycles. The van der Waals surface area contributed by atoms with Crippen LogP contribution in [0.4, 0.5) is 0 Å². The molecule has 0 unspecified atom stereocenters. The maximum absolute atomic E-state index is 5.33. The van der Waals surface area contributed by atoms with Crippen molar-refractivity contribution in [3.63, 3.8) is 0 Å². The largest absolute Gasteiger partial charge is 0.478 e. The van der Waals surface area contributed by atoms with E-state index in [9.17, 15) is 0 Å². The molecule has 6 heavy (non-hydrogen) atoms. The molecule has 1 heterocycles. The van der Waals surface area contributed by atoms with Gasteiger partial charge in [0.25, 0.3) is 0 Å². The topological polar surface area (TPSA) is 12.5 Å². The van der Waals surface area contributed by atoms with Gasteiger partial charge < -0.3 is 4.74 Å². The molecule has 1 rings (SSSR count). The highest BCUT2D eigenvalue weighted by molar-refractivity contribution is 6.14. The number of nitrogens with zero attached hydrogens (tertiary/aromatic N) is 1. The van der Waals surface area contributed by atoms with Crippen molar-refractivity contribution in [1.82, 2.24) is 4.42 Å². The SMILES string of the molecule is ClN1C=COC1. The minimum absolute atomic E-state index is 0.474. The summed E-state index contributed by atoms with van der Waals surface area (Å²) >= 11 is 5.33. The Kier molecular flexibility index (Phi) is 0.881. The van der Waals surface area contributed by atoms with Gasteiger partial charge in [0, 0.05) is 11.8 Å². The Morgan fingerprint density at radius 1 is 1.83 bits per heavy atom. The van der Waals surface area contributed by atoms with E-state index in [0.717, 1.165) is 0 Å². The summed E-state index contributed by atoms with van der Waals surface area (Å²) in [6, 6.07) is 0. The average Bonchev–Trinajstić information content (AvgIpc) is 1.86. The lowest BCUT2D eigenvalue weighted by molar-refractivity contribution is 0.224. The smallest absolute Gasteiger partial charge is 0.174 e. The van der Waals surface area contributed by atoms with Gasteiger partial charge in [-0.2, -0.15) is 0 Å². The van der Waals surface area contributed by atoms with E-state index in [4.69, 9.17) is 11.8 Å². The van der Waals surface area contributed by atoms with Gasteiger partial charge in [-0.3, -0.25) is 4.42 Å². The van der Waals surface area contributed by atoms with Crippen molar-refractivity contribution in [3.8, 4) is 0 Å². The fourth-order valence-electron chi connectivity index (χ4n) is 0.266. The number of ether oxygens (including phenoxy) is 1. The van der Waals surface area contributed by atoms with Crippen molar-refractivity contribution in [2.45, 2.75) is 0 Å². The molecule has 0 aliphatic carbocycles. The molecule has 0 amide bonds. The highest BCUT2D eigenvalue weighted by Gasteiger charge is 1.96. The summed E-state index contributed by atoms with van der Waals surface area (Å²) in [4.78, 5) is 0. The first-order valence-electron chi connectivity index (χ1n) is 1.60. The highest BCUT2D eigenvalue weighted by atomic mass is 35.5. The van der Waals surface area contributed by atoms with Crippen LogP contribution in [-0.4, -0.2) is 11.1 Å². The standard InChI is InChI=1S/C3H4ClNO/c4-5-1-2-6-3-5/h1-2H,3H2. The molecule has 0 aromatic heterocycles. The average molecular weight is 106 g/mol. The molecule has 3 heteroatoms. The Labute approximate surface area is 41.1 Å². The minimum atomic E-state index is 0.474.